The molecule has 8 nitrogen and oxygen atoms in total. The van der Waals surface area contributed by atoms with E-state index < -0.39 is 11.9 Å². The van der Waals surface area contributed by atoms with Crippen LogP contribution in [0.2, 0.25) is 0 Å². The summed E-state index contributed by atoms with van der Waals surface area (Å²) in [5.41, 5.74) is 12.8. The molecule has 2 heterocycles. The second kappa shape index (κ2) is 13.2. The maximum Gasteiger partial charge on any atom is 0.243 e. The number of nitrogens with zero attached hydrogens (tertiary/aromatic N) is 3. The van der Waals surface area contributed by atoms with E-state index in [0.29, 0.717) is 12.8 Å². The van der Waals surface area contributed by atoms with E-state index >= 15 is 0 Å². The summed E-state index contributed by atoms with van der Waals surface area (Å²) in [6.07, 6.45) is 4.39. The molecule has 226 valence electrons. The monoisotopic (exact) mass is 589 g/mol. The van der Waals surface area contributed by atoms with Crippen molar-refractivity contribution in [2.45, 2.75) is 64.3 Å². The van der Waals surface area contributed by atoms with Gasteiger partial charge < -0.3 is 10.8 Å². The summed E-state index contributed by atoms with van der Waals surface area (Å²) >= 11 is 0. The smallest absolute Gasteiger partial charge is 0.243 e. The van der Waals surface area contributed by atoms with Crippen LogP contribution in [0, 0.1) is 0 Å². The summed E-state index contributed by atoms with van der Waals surface area (Å²) < 4.78 is 1.98. The van der Waals surface area contributed by atoms with E-state index in [4.69, 9.17) is 10.8 Å². The average molecular weight is 590 g/mol. The van der Waals surface area contributed by atoms with E-state index in [2.05, 4.69) is 67.5 Å². The molecule has 0 bridgehead atoms. The molecule has 4 N–H and O–H groups in total. The summed E-state index contributed by atoms with van der Waals surface area (Å²) in [5, 5.41) is 17.9. The molecule has 0 fully saturated rings. The summed E-state index contributed by atoms with van der Waals surface area (Å²) in [5.74, 6) is -0.704. The lowest BCUT2D eigenvalue weighted by atomic mass is 9.87. The van der Waals surface area contributed by atoms with Crippen LogP contribution in [-0.4, -0.2) is 37.7 Å². The van der Waals surface area contributed by atoms with Gasteiger partial charge in [0.2, 0.25) is 11.8 Å². The first-order chi connectivity index (χ1) is 21.1. The molecule has 44 heavy (non-hydrogen) atoms. The second-order valence-corrected chi connectivity index (χ2v) is 12.2. The number of aromatic hydroxyl groups is 1. The van der Waals surface area contributed by atoms with Crippen molar-refractivity contribution in [3.63, 3.8) is 0 Å². The molecule has 2 amide bonds. The lowest BCUT2D eigenvalue weighted by Gasteiger charge is -2.19. The number of carbonyl (C=O) groups excluding carboxylic acids is 2. The normalized spacial score (nSPS) is 12.3. The van der Waals surface area contributed by atoms with E-state index in [9.17, 15) is 14.7 Å². The molecule has 0 saturated carbocycles. The average Bonchev–Trinajstić information content (AvgIpc) is 3.44. The highest BCUT2D eigenvalue weighted by molar-refractivity contribution is 5.97. The standard InChI is InChI=1S/C36H39N5O3/c1-36(2,3)27-14-16-28(17-15-27)41-29(22-33(40-41)26-21-25-8-4-6-10-32(25)38-23-26)9-5-7-11-34(43)39-35(44)31(37)20-24-12-18-30(42)19-13-24/h4,6,8,10,12-19,21-23,31,42H,5,7,9,11,20,37H2,1-3H3,(H,39,43,44)/t31-/m0/s1. The number of fused-ring (bicyclic) bond motifs is 1. The number of pyridine rings is 1. The number of aromatic nitrogens is 3. The topological polar surface area (TPSA) is 123 Å². The Morgan fingerprint density at radius 1 is 0.955 bits per heavy atom. The highest BCUT2D eigenvalue weighted by Gasteiger charge is 2.18. The van der Waals surface area contributed by atoms with Crippen molar-refractivity contribution in [1.29, 1.82) is 0 Å². The van der Waals surface area contributed by atoms with Crippen molar-refractivity contribution >= 4 is 22.7 Å². The summed E-state index contributed by atoms with van der Waals surface area (Å²) in [7, 11) is 0. The van der Waals surface area contributed by atoms with Gasteiger partial charge >= 0.3 is 0 Å². The van der Waals surface area contributed by atoms with Crippen LogP contribution in [0.25, 0.3) is 27.8 Å². The largest absolute Gasteiger partial charge is 0.508 e. The Morgan fingerprint density at radius 3 is 2.41 bits per heavy atom. The van der Waals surface area contributed by atoms with Crippen molar-refractivity contribution in [2.24, 2.45) is 5.73 Å². The SMILES string of the molecule is CC(C)(C)c1ccc(-n2nc(-c3cnc4ccccc4c3)cc2CCCCC(=O)NC(=O)[C@@H](N)Cc2ccc(O)cc2)cc1. The third-order valence-electron chi connectivity index (χ3n) is 7.73. The van der Waals surface area contributed by atoms with Crippen LogP contribution >= 0.6 is 0 Å². The fourth-order valence-corrected chi connectivity index (χ4v) is 5.14. The molecule has 0 aliphatic rings. The van der Waals surface area contributed by atoms with Crippen LogP contribution < -0.4 is 11.1 Å². The molecule has 5 rings (SSSR count). The molecule has 5 aromatic rings. The molecule has 0 spiro atoms. The Morgan fingerprint density at radius 2 is 1.68 bits per heavy atom. The van der Waals surface area contributed by atoms with Crippen LogP contribution in [0.3, 0.4) is 0 Å². The molecule has 0 radical (unpaired) electrons. The number of hydrogen-bond donors (Lipinski definition) is 3. The number of aryl methyl sites for hydroxylation is 1. The van der Waals surface area contributed by atoms with Gasteiger partial charge in [-0.3, -0.25) is 19.9 Å². The predicted molar refractivity (Wildman–Crippen MR) is 173 cm³/mol. The molecule has 0 aliphatic carbocycles. The Hall–Kier alpha value is -4.82. The Labute approximate surface area is 257 Å². The lowest BCUT2D eigenvalue weighted by molar-refractivity contribution is -0.131. The van der Waals surface area contributed by atoms with Gasteiger partial charge in [-0.25, -0.2) is 4.68 Å². The van der Waals surface area contributed by atoms with Gasteiger partial charge in [0.1, 0.15) is 5.75 Å². The number of amides is 2. The fourth-order valence-electron chi connectivity index (χ4n) is 5.14. The Bertz CT molecular complexity index is 1750. The number of nitrogens with one attached hydrogen (secondary N) is 1. The lowest BCUT2D eigenvalue weighted by Crippen LogP contribution is -2.44. The molecule has 3 aromatic carbocycles. The van der Waals surface area contributed by atoms with Gasteiger partial charge in [0.15, 0.2) is 0 Å². The summed E-state index contributed by atoms with van der Waals surface area (Å²) in [6, 6.07) is 26.3. The van der Waals surface area contributed by atoms with Crippen LogP contribution in [0.4, 0.5) is 0 Å². The minimum atomic E-state index is -0.856. The molecular weight excluding hydrogens is 550 g/mol. The van der Waals surface area contributed by atoms with Crippen molar-refractivity contribution in [3.8, 4) is 22.7 Å². The molecule has 8 heteroatoms. The van der Waals surface area contributed by atoms with E-state index in [1.54, 1.807) is 24.3 Å². The van der Waals surface area contributed by atoms with E-state index in [0.717, 1.165) is 45.5 Å². The number of nitrogens with two attached hydrogens (primary N) is 1. The Kier molecular flexibility index (Phi) is 9.20. The van der Waals surface area contributed by atoms with E-state index in [1.807, 2.05) is 35.1 Å². The Balaban J connectivity index is 1.25. The van der Waals surface area contributed by atoms with Gasteiger partial charge in [-0.15, -0.1) is 0 Å². The number of para-hydroxylation sites is 1. The first kappa shape index (κ1) is 30.6. The van der Waals surface area contributed by atoms with Gasteiger partial charge in [0.05, 0.1) is 22.9 Å². The number of imide groups is 1. The van der Waals surface area contributed by atoms with Crippen molar-refractivity contribution < 1.29 is 14.7 Å². The predicted octanol–water partition coefficient (Wildman–Crippen LogP) is 6.02. The minimum Gasteiger partial charge on any atom is -0.508 e. The number of phenols is 1. The van der Waals surface area contributed by atoms with Crippen LogP contribution in [0.5, 0.6) is 5.75 Å². The van der Waals surface area contributed by atoms with Crippen molar-refractivity contribution in [3.05, 3.63) is 108 Å². The highest BCUT2D eigenvalue weighted by Crippen LogP contribution is 2.27. The molecule has 0 unspecified atom stereocenters. The third kappa shape index (κ3) is 7.57. The van der Waals surface area contributed by atoms with Gasteiger partial charge in [-0.05, 0) is 84.7 Å². The van der Waals surface area contributed by atoms with E-state index in [1.165, 1.54) is 5.56 Å². The molecule has 0 aliphatic heterocycles. The van der Waals surface area contributed by atoms with Crippen LogP contribution in [0.1, 0.15) is 56.9 Å². The van der Waals surface area contributed by atoms with Crippen molar-refractivity contribution in [2.75, 3.05) is 0 Å². The van der Waals surface area contributed by atoms with Crippen molar-refractivity contribution in [1.82, 2.24) is 20.1 Å². The zero-order valence-corrected chi connectivity index (χ0v) is 25.5. The maximum atomic E-state index is 12.5. The summed E-state index contributed by atoms with van der Waals surface area (Å²) in [6.45, 7) is 6.58. The van der Waals surface area contributed by atoms with Gasteiger partial charge in [0, 0.05) is 29.3 Å². The number of benzene rings is 3. The second-order valence-electron chi connectivity index (χ2n) is 12.2. The van der Waals surface area contributed by atoms with Gasteiger partial charge in [-0.2, -0.15) is 5.10 Å². The number of hydrogen-bond acceptors (Lipinski definition) is 6. The first-order valence-electron chi connectivity index (χ1n) is 15.0. The molecule has 2 aromatic heterocycles. The third-order valence-corrected chi connectivity index (χ3v) is 7.73. The van der Waals surface area contributed by atoms with Crippen LogP contribution in [-0.2, 0) is 27.8 Å². The minimum absolute atomic E-state index is 0.0464. The summed E-state index contributed by atoms with van der Waals surface area (Å²) in [4.78, 5) is 29.6. The molecule has 1 atom stereocenters. The van der Waals surface area contributed by atoms with E-state index in [-0.39, 0.29) is 29.9 Å². The van der Waals surface area contributed by atoms with Gasteiger partial charge in [-0.1, -0.05) is 63.2 Å². The zero-order valence-electron chi connectivity index (χ0n) is 25.5. The maximum absolute atomic E-state index is 12.5. The van der Waals surface area contributed by atoms with Crippen LogP contribution in [0.15, 0.2) is 91.1 Å². The van der Waals surface area contributed by atoms with Gasteiger partial charge in [0.25, 0.3) is 0 Å². The highest BCUT2D eigenvalue weighted by atomic mass is 16.3. The zero-order chi connectivity index (χ0) is 31.3. The number of phenolic OH excluding ortho intramolecular Hbond substituents is 1. The quantitative estimate of drug-likeness (QED) is 0.171. The first-order valence-corrected chi connectivity index (χ1v) is 15.0. The number of unbranched alkanes of at least 4 members (excludes halogenated alkanes) is 1. The number of rotatable bonds is 10. The fraction of sp³-hybridized carbons (Fsp3) is 0.278. The molecular formula is C36H39N5O3. The number of carbonyl (C=O) groups is 2. The molecule has 0 saturated heterocycles.